The Morgan fingerprint density at radius 3 is 2.59 bits per heavy atom. The van der Waals surface area contributed by atoms with Crippen LogP contribution >= 0.6 is 0 Å². The van der Waals surface area contributed by atoms with Gasteiger partial charge >= 0.3 is 12.0 Å². The van der Waals surface area contributed by atoms with E-state index in [1.54, 1.807) is 20.9 Å². The van der Waals surface area contributed by atoms with Gasteiger partial charge in [-0.3, -0.25) is 10.1 Å². The molecule has 1 aromatic heterocycles. The average molecular weight is 242 g/mol. The van der Waals surface area contributed by atoms with Gasteiger partial charge in [-0.25, -0.2) is 4.79 Å². The van der Waals surface area contributed by atoms with Gasteiger partial charge in [0.25, 0.3) is 5.95 Å². The topological polar surface area (TPSA) is 122 Å². The molecule has 0 aliphatic carbocycles. The molecule has 0 radical (unpaired) electrons. The average Bonchev–Trinajstić information content (AvgIpc) is 2.46. The number of carbonyl (C=O) groups excluding carboxylic acids is 1. The molecule has 0 atom stereocenters. The molecular weight excluding hydrogens is 228 g/mol. The van der Waals surface area contributed by atoms with Crippen LogP contribution in [-0.2, 0) is 11.8 Å². The summed E-state index contributed by atoms with van der Waals surface area (Å²) in [6, 6.07) is -0.579. The molecule has 0 spiro atoms. The minimum atomic E-state index is -0.993. The zero-order chi connectivity index (χ0) is 13.1. The number of hydrogen-bond donors (Lipinski definition) is 3. The molecule has 9 nitrogen and oxygen atoms in total. The fraction of sp³-hybridized carbons (Fsp3) is 0.625. The maximum atomic E-state index is 11.5. The van der Waals surface area contributed by atoms with Crippen molar-refractivity contribution in [3.63, 3.8) is 0 Å². The lowest BCUT2D eigenvalue weighted by molar-refractivity contribution is -0.138. The molecule has 1 aromatic rings. The van der Waals surface area contributed by atoms with Crippen molar-refractivity contribution in [1.29, 1.82) is 0 Å². The van der Waals surface area contributed by atoms with Crippen molar-refractivity contribution in [2.45, 2.75) is 25.8 Å². The number of amides is 2. The maximum Gasteiger partial charge on any atom is 0.322 e. The molecule has 0 bridgehead atoms. The highest BCUT2D eigenvalue weighted by Crippen LogP contribution is 2.08. The number of aromatic nitrogens is 4. The summed E-state index contributed by atoms with van der Waals surface area (Å²) < 4.78 is 0. The van der Waals surface area contributed by atoms with Gasteiger partial charge < -0.3 is 10.4 Å². The van der Waals surface area contributed by atoms with Gasteiger partial charge in [0.05, 0.1) is 13.5 Å². The molecule has 94 valence electrons. The number of anilines is 1. The smallest absolute Gasteiger partial charge is 0.322 e. The van der Waals surface area contributed by atoms with Crippen molar-refractivity contribution >= 4 is 17.9 Å². The fourth-order valence-corrected chi connectivity index (χ4v) is 1.20. The lowest BCUT2D eigenvalue weighted by atomic mass is 10.0. The van der Waals surface area contributed by atoms with E-state index in [0.717, 1.165) is 0 Å². The summed E-state index contributed by atoms with van der Waals surface area (Å²) in [5.74, 6) is -0.941. The van der Waals surface area contributed by atoms with E-state index in [-0.39, 0.29) is 12.4 Å². The second kappa shape index (κ2) is 4.76. The van der Waals surface area contributed by atoms with Crippen molar-refractivity contribution in [3.8, 4) is 0 Å². The molecule has 2 amide bonds. The predicted octanol–water partition coefficient (Wildman–Crippen LogP) is -0.415. The van der Waals surface area contributed by atoms with Gasteiger partial charge in [0.1, 0.15) is 0 Å². The van der Waals surface area contributed by atoms with Gasteiger partial charge in [0, 0.05) is 5.54 Å². The molecule has 0 aliphatic heterocycles. The molecule has 0 fully saturated rings. The van der Waals surface area contributed by atoms with E-state index in [0.29, 0.717) is 0 Å². The fourth-order valence-electron chi connectivity index (χ4n) is 1.20. The first-order valence-electron chi connectivity index (χ1n) is 4.83. The standard InChI is InChI=1S/C8H14N6O3/c1-8(2,4-5(15)16)10-7(17)9-6-11-13-14(3)12-6/h4H2,1-3H3,(H,15,16)(H2,9,10,12,17). The minimum absolute atomic E-state index is 0.0520. The monoisotopic (exact) mass is 242 g/mol. The van der Waals surface area contributed by atoms with Crippen LogP contribution < -0.4 is 10.6 Å². The van der Waals surface area contributed by atoms with Crippen LogP contribution in [0.15, 0.2) is 0 Å². The quantitative estimate of drug-likeness (QED) is 0.659. The number of carboxylic acid groups (broad SMARTS) is 1. The molecule has 0 saturated heterocycles. The van der Waals surface area contributed by atoms with Gasteiger partial charge in [-0.15, -0.1) is 5.10 Å². The minimum Gasteiger partial charge on any atom is -0.481 e. The Balaban J connectivity index is 2.52. The number of aryl methyl sites for hydroxylation is 1. The van der Waals surface area contributed by atoms with Crippen LogP contribution in [0.1, 0.15) is 20.3 Å². The molecule has 0 aliphatic rings. The summed E-state index contributed by atoms with van der Waals surface area (Å²) >= 11 is 0. The number of nitrogens with one attached hydrogen (secondary N) is 2. The Kier molecular flexibility index (Phi) is 3.61. The van der Waals surface area contributed by atoms with Crippen LogP contribution in [0.4, 0.5) is 10.7 Å². The molecule has 0 unspecified atom stereocenters. The van der Waals surface area contributed by atoms with E-state index in [1.807, 2.05) is 0 Å². The third-order valence-corrected chi connectivity index (χ3v) is 1.78. The summed E-state index contributed by atoms with van der Waals surface area (Å²) in [6.45, 7) is 3.20. The van der Waals surface area contributed by atoms with Crippen LogP contribution in [0.25, 0.3) is 0 Å². The van der Waals surface area contributed by atoms with Crippen molar-refractivity contribution in [1.82, 2.24) is 25.5 Å². The highest BCUT2D eigenvalue weighted by Gasteiger charge is 2.24. The van der Waals surface area contributed by atoms with Gasteiger partial charge in [0.2, 0.25) is 0 Å². The largest absolute Gasteiger partial charge is 0.481 e. The number of hydrogen-bond acceptors (Lipinski definition) is 5. The summed E-state index contributed by atoms with van der Waals surface area (Å²) in [7, 11) is 1.56. The van der Waals surface area contributed by atoms with Crippen LogP contribution in [0.3, 0.4) is 0 Å². The number of carboxylic acids is 1. The van der Waals surface area contributed by atoms with Crippen molar-refractivity contribution in [3.05, 3.63) is 0 Å². The number of urea groups is 1. The summed E-state index contributed by atoms with van der Waals surface area (Å²) in [5, 5.41) is 24.3. The van der Waals surface area contributed by atoms with Gasteiger partial charge in [0.15, 0.2) is 0 Å². The number of aliphatic carboxylic acids is 1. The molecule has 3 N–H and O–H groups in total. The lowest BCUT2D eigenvalue weighted by Gasteiger charge is -2.23. The first-order chi connectivity index (χ1) is 7.78. The molecule has 1 heterocycles. The number of carbonyl (C=O) groups is 2. The van der Waals surface area contributed by atoms with Gasteiger partial charge in [-0.05, 0) is 19.1 Å². The molecular formula is C8H14N6O3. The summed E-state index contributed by atoms with van der Waals surface area (Å²) in [5.41, 5.74) is -0.863. The van der Waals surface area contributed by atoms with Crippen LogP contribution in [0.2, 0.25) is 0 Å². The van der Waals surface area contributed by atoms with Crippen LogP contribution in [0, 0.1) is 0 Å². The Morgan fingerprint density at radius 2 is 2.12 bits per heavy atom. The molecule has 0 saturated carbocycles. The van der Waals surface area contributed by atoms with Gasteiger partial charge in [-0.2, -0.15) is 4.80 Å². The number of tetrazole rings is 1. The zero-order valence-electron chi connectivity index (χ0n) is 9.76. The molecule has 17 heavy (non-hydrogen) atoms. The van der Waals surface area contributed by atoms with E-state index in [1.165, 1.54) is 4.80 Å². The van der Waals surface area contributed by atoms with E-state index >= 15 is 0 Å². The van der Waals surface area contributed by atoms with E-state index in [2.05, 4.69) is 26.0 Å². The lowest BCUT2D eigenvalue weighted by Crippen LogP contribution is -2.47. The summed E-state index contributed by atoms with van der Waals surface area (Å²) in [4.78, 5) is 23.2. The molecule has 1 rings (SSSR count). The number of rotatable bonds is 4. The van der Waals surface area contributed by atoms with Crippen LogP contribution in [0.5, 0.6) is 0 Å². The maximum absolute atomic E-state index is 11.5. The Bertz CT molecular complexity index is 427. The predicted molar refractivity (Wildman–Crippen MR) is 57.3 cm³/mol. The summed E-state index contributed by atoms with van der Waals surface area (Å²) in [6.07, 6.45) is -0.186. The van der Waals surface area contributed by atoms with Crippen molar-refractivity contribution in [2.75, 3.05) is 5.32 Å². The molecule has 9 heteroatoms. The van der Waals surface area contributed by atoms with Crippen molar-refractivity contribution < 1.29 is 14.7 Å². The first-order valence-corrected chi connectivity index (χ1v) is 4.83. The highest BCUT2D eigenvalue weighted by molar-refractivity contribution is 5.88. The Morgan fingerprint density at radius 1 is 1.47 bits per heavy atom. The SMILES string of the molecule is Cn1nnc(NC(=O)NC(C)(C)CC(=O)O)n1. The first kappa shape index (κ1) is 12.9. The van der Waals surface area contributed by atoms with E-state index < -0.39 is 17.5 Å². The second-order valence-corrected chi connectivity index (χ2v) is 4.14. The Labute approximate surface area is 97.2 Å². The highest BCUT2D eigenvalue weighted by atomic mass is 16.4. The third-order valence-electron chi connectivity index (χ3n) is 1.78. The Hall–Kier alpha value is -2.19. The van der Waals surface area contributed by atoms with E-state index in [9.17, 15) is 9.59 Å². The van der Waals surface area contributed by atoms with Crippen LogP contribution in [-0.4, -0.2) is 42.9 Å². The van der Waals surface area contributed by atoms with E-state index in [4.69, 9.17) is 5.11 Å². The number of nitrogens with zero attached hydrogens (tertiary/aromatic N) is 4. The van der Waals surface area contributed by atoms with Gasteiger partial charge in [-0.1, -0.05) is 5.10 Å². The normalized spacial score (nSPS) is 11.0. The second-order valence-electron chi connectivity index (χ2n) is 4.14. The zero-order valence-corrected chi connectivity index (χ0v) is 9.76. The molecule has 0 aromatic carbocycles. The third kappa shape index (κ3) is 4.45. The van der Waals surface area contributed by atoms with Crippen molar-refractivity contribution in [2.24, 2.45) is 7.05 Å².